The van der Waals surface area contributed by atoms with Crippen molar-refractivity contribution >= 4 is 17.4 Å². The monoisotopic (exact) mass is 225 g/mol. The zero-order valence-electron chi connectivity index (χ0n) is 9.20. The molecule has 82 valence electrons. The third kappa shape index (κ3) is 2.81. The predicted octanol–water partition coefficient (Wildman–Crippen LogP) is 2.67. The van der Waals surface area contributed by atoms with Crippen LogP contribution in [0.15, 0.2) is 6.07 Å². The molecule has 0 saturated heterocycles. The number of halogens is 1. The van der Waals surface area contributed by atoms with E-state index in [2.05, 4.69) is 21.8 Å². The molecule has 1 heterocycles. The second-order valence-corrected chi connectivity index (χ2v) is 4.47. The molecular formula is C11H16ClN3. The number of hydrogen-bond donors (Lipinski definition) is 0. The van der Waals surface area contributed by atoms with Crippen LogP contribution in [0, 0.1) is 12.8 Å². The summed E-state index contributed by atoms with van der Waals surface area (Å²) in [5.74, 6) is 2.56. The van der Waals surface area contributed by atoms with Crippen LogP contribution in [0.4, 0.5) is 5.82 Å². The summed E-state index contributed by atoms with van der Waals surface area (Å²) in [6.07, 6.45) is 2.71. The molecule has 1 fully saturated rings. The molecule has 1 aromatic heterocycles. The van der Waals surface area contributed by atoms with Crippen molar-refractivity contribution in [3.63, 3.8) is 0 Å². The highest BCUT2D eigenvalue weighted by molar-refractivity contribution is 6.29. The normalized spacial score (nSPS) is 15.4. The van der Waals surface area contributed by atoms with Gasteiger partial charge in [0.2, 0.25) is 0 Å². The van der Waals surface area contributed by atoms with E-state index in [9.17, 15) is 0 Å². The molecule has 0 bridgehead atoms. The minimum absolute atomic E-state index is 0.534. The third-order valence-electron chi connectivity index (χ3n) is 2.67. The molecule has 0 amide bonds. The van der Waals surface area contributed by atoms with Crippen molar-refractivity contribution in [3.05, 3.63) is 17.0 Å². The fraction of sp³-hybridized carbons (Fsp3) is 0.636. The van der Waals surface area contributed by atoms with Gasteiger partial charge in [-0.25, -0.2) is 9.97 Å². The lowest BCUT2D eigenvalue weighted by atomic mass is 10.3. The van der Waals surface area contributed by atoms with Gasteiger partial charge in [0.05, 0.1) is 0 Å². The lowest BCUT2D eigenvalue weighted by molar-refractivity contribution is 0.728. The first-order valence-corrected chi connectivity index (χ1v) is 5.83. The third-order valence-corrected chi connectivity index (χ3v) is 2.87. The molecule has 0 N–H and O–H groups in total. The van der Waals surface area contributed by atoms with E-state index in [0.717, 1.165) is 30.6 Å². The first kappa shape index (κ1) is 10.7. The maximum absolute atomic E-state index is 5.93. The van der Waals surface area contributed by atoms with E-state index >= 15 is 0 Å². The van der Waals surface area contributed by atoms with Crippen molar-refractivity contribution in [2.75, 3.05) is 18.0 Å². The van der Waals surface area contributed by atoms with E-state index in [4.69, 9.17) is 11.6 Å². The molecule has 1 aromatic rings. The summed E-state index contributed by atoms with van der Waals surface area (Å²) in [5.41, 5.74) is 0. The first-order valence-electron chi connectivity index (χ1n) is 5.45. The van der Waals surface area contributed by atoms with Crippen LogP contribution in [-0.2, 0) is 0 Å². The van der Waals surface area contributed by atoms with Crippen LogP contribution in [0.5, 0.6) is 0 Å². The van der Waals surface area contributed by atoms with Crippen molar-refractivity contribution in [2.24, 2.45) is 5.92 Å². The van der Waals surface area contributed by atoms with Crippen molar-refractivity contribution in [1.29, 1.82) is 0 Å². The highest BCUT2D eigenvalue weighted by Gasteiger charge is 2.24. The fourth-order valence-electron chi connectivity index (χ4n) is 1.68. The van der Waals surface area contributed by atoms with Crippen molar-refractivity contribution in [3.8, 4) is 0 Å². The molecule has 4 heteroatoms. The van der Waals surface area contributed by atoms with Gasteiger partial charge in [0.15, 0.2) is 0 Å². The average Bonchev–Trinajstić information content (AvgIpc) is 2.96. The van der Waals surface area contributed by atoms with Crippen LogP contribution in [0.3, 0.4) is 0 Å². The summed E-state index contributed by atoms with van der Waals surface area (Å²) in [5, 5.41) is 0.534. The van der Waals surface area contributed by atoms with Crippen molar-refractivity contribution in [2.45, 2.75) is 26.7 Å². The van der Waals surface area contributed by atoms with Crippen LogP contribution in [0.25, 0.3) is 0 Å². The lowest BCUT2D eigenvalue weighted by Crippen LogP contribution is -2.26. The summed E-state index contributed by atoms with van der Waals surface area (Å²) in [6.45, 7) is 6.10. The quantitative estimate of drug-likeness (QED) is 0.738. The molecule has 0 aromatic carbocycles. The lowest BCUT2D eigenvalue weighted by Gasteiger charge is -2.21. The largest absolute Gasteiger partial charge is 0.356 e. The van der Waals surface area contributed by atoms with E-state index in [1.165, 1.54) is 12.8 Å². The zero-order chi connectivity index (χ0) is 10.8. The highest BCUT2D eigenvalue weighted by atomic mass is 35.5. The van der Waals surface area contributed by atoms with Gasteiger partial charge in [-0.1, -0.05) is 11.6 Å². The van der Waals surface area contributed by atoms with Gasteiger partial charge in [-0.15, -0.1) is 0 Å². The van der Waals surface area contributed by atoms with Gasteiger partial charge >= 0.3 is 0 Å². The number of aryl methyl sites for hydroxylation is 1. The zero-order valence-corrected chi connectivity index (χ0v) is 9.96. The average molecular weight is 226 g/mol. The minimum atomic E-state index is 0.534. The Kier molecular flexibility index (Phi) is 3.10. The fourth-order valence-corrected chi connectivity index (χ4v) is 1.90. The minimum Gasteiger partial charge on any atom is -0.356 e. The van der Waals surface area contributed by atoms with Gasteiger partial charge in [-0.05, 0) is 32.6 Å². The van der Waals surface area contributed by atoms with E-state index < -0.39 is 0 Å². The van der Waals surface area contributed by atoms with Gasteiger partial charge < -0.3 is 4.90 Å². The number of aromatic nitrogens is 2. The number of rotatable bonds is 4. The predicted molar refractivity (Wildman–Crippen MR) is 62.4 cm³/mol. The van der Waals surface area contributed by atoms with Crippen LogP contribution >= 0.6 is 11.6 Å². The Bertz CT molecular complexity index is 329. The maximum Gasteiger partial charge on any atom is 0.134 e. The van der Waals surface area contributed by atoms with Crippen molar-refractivity contribution in [1.82, 2.24) is 9.97 Å². The first-order chi connectivity index (χ1) is 7.19. The number of anilines is 1. The SMILES string of the molecule is CCN(CC1CC1)c1cc(Cl)nc(C)n1. The second-order valence-electron chi connectivity index (χ2n) is 4.08. The summed E-state index contributed by atoms with van der Waals surface area (Å²) in [4.78, 5) is 10.8. The van der Waals surface area contributed by atoms with Crippen LogP contribution < -0.4 is 4.90 Å². The molecule has 1 saturated carbocycles. The second kappa shape index (κ2) is 4.35. The number of hydrogen-bond acceptors (Lipinski definition) is 3. The molecule has 0 unspecified atom stereocenters. The highest BCUT2D eigenvalue weighted by Crippen LogP contribution is 2.31. The van der Waals surface area contributed by atoms with Gasteiger partial charge in [-0.2, -0.15) is 0 Å². The Morgan fingerprint density at radius 2 is 2.20 bits per heavy atom. The molecule has 15 heavy (non-hydrogen) atoms. The van der Waals surface area contributed by atoms with Gasteiger partial charge in [0.1, 0.15) is 16.8 Å². The Morgan fingerprint density at radius 3 is 2.73 bits per heavy atom. The molecule has 3 nitrogen and oxygen atoms in total. The summed E-state index contributed by atoms with van der Waals surface area (Å²) >= 11 is 5.93. The van der Waals surface area contributed by atoms with Crippen LogP contribution in [-0.4, -0.2) is 23.1 Å². The molecule has 1 aliphatic rings. The summed E-state index contributed by atoms with van der Waals surface area (Å²) in [7, 11) is 0. The van der Waals surface area contributed by atoms with Crippen LogP contribution in [0.1, 0.15) is 25.6 Å². The number of nitrogens with zero attached hydrogens (tertiary/aromatic N) is 3. The van der Waals surface area contributed by atoms with Crippen LogP contribution in [0.2, 0.25) is 5.15 Å². The molecule has 1 aliphatic carbocycles. The molecule has 0 radical (unpaired) electrons. The molecule has 0 spiro atoms. The van der Waals surface area contributed by atoms with Gasteiger partial charge in [0, 0.05) is 19.2 Å². The maximum atomic E-state index is 5.93. The molecule has 0 aliphatic heterocycles. The summed E-state index contributed by atoms with van der Waals surface area (Å²) in [6, 6.07) is 1.85. The Balaban J connectivity index is 2.16. The Labute approximate surface area is 95.5 Å². The van der Waals surface area contributed by atoms with E-state index in [1.54, 1.807) is 0 Å². The van der Waals surface area contributed by atoms with Crippen molar-refractivity contribution < 1.29 is 0 Å². The molecule has 2 rings (SSSR count). The van der Waals surface area contributed by atoms with E-state index in [0.29, 0.717) is 5.15 Å². The topological polar surface area (TPSA) is 29.0 Å². The molecule has 0 atom stereocenters. The smallest absolute Gasteiger partial charge is 0.134 e. The Morgan fingerprint density at radius 1 is 1.47 bits per heavy atom. The van der Waals surface area contributed by atoms with Gasteiger partial charge in [-0.3, -0.25) is 0 Å². The molecular weight excluding hydrogens is 210 g/mol. The Hall–Kier alpha value is -0.830. The van der Waals surface area contributed by atoms with E-state index in [-0.39, 0.29) is 0 Å². The standard InChI is InChI=1S/C11H16ClN3/c1-3-15(7-9-4-5-9)11-6-10(12)13-8(2)14-11/h6,9H,3-5,7H2,1-2H3. The summed E-state index contributed by atoms with van der Waals surface area (Å²) < 4.78 is 0. The van der Waals surface area contributed by atoms with Gasteiger partial charge in [0.25, 0.3) is 0 Å². The van der Waals surface area contributed by atoms with E-state index in [1.807, 2.05) is 13.0 Å².